The van der Waals surface area contributed by atoms with Crippen molar-refractivity contribution in [2.75, 3.05) is 5.75 Å². The first-order chi connectivity index (χ1) is 18.1. The lowest BCUT2D eigenvalue weighted by atomic mass is 10.1. The molecule has 1 N–H and O–H groups in total. The minimum atomic E-state index is 0.00736. The fourth-order valence-corrected chi connectivity index (χ4v) is 5.41. The van der Waals surface area contributed by atoms with E-state index in [-0.39, 0.29) is 11.9 Å². The highest BCUT2D eigenvalue weighted by Gasteiger charge is 2.15. The van der Waals surface area contributed by atoms with Crippen LogP contribution in [0.1, 0.15) is 43.4 Å². The predicted molar refractivity (Wildman–Crippen MR) is 151 cm³/mol. The molecule has 0 saturated carbocycles. The first kappa shape index (κ1) is 25.2. The van der Waals surface area contributed by atoms with E-state index < -0.39 is 0 Å². The summed E-state index contributed by atoms with van der Waals surface area (Å²) in [5, 5.41) is 14.4. The summed E-state index contributed by atoms with van der Waals surface area (Å²) in [6, 6.07) is 26.1. The van der Waals surface area contributed by atoms with Gasteiger partial charge in [0.05, 0.1) is 11.6 Å². The number of para-hydroxylation sites is 1. The monoisotopic (exact) mass is 529 g/mol. The molecule has 0 saturated heterocycles. The van der Waals surface area contributed by atoms with Crippen LogP contribution in [0.2, 0.25) is 5.02 Å². The number of carbonyl (C=O) groups is 1. The molecule has 0 spiro atoms. The van der Waals surface area contributed by atoms with Gasteiger partial charge in [0.1, 0.15) is 5.52 Å². The van der Waals surface area contributed by atoms with Gasteiger partial charge in [0.25, 0.3) is 0 Å². The predicted octanol–water partition coefficient (Wildman–Crippen LogP) is 6.82. The van der Waals surface area contributed by atoms with Crippen LogP contribution in [-0.4, -0.2) is 31.4 Å². The summed E-state index contributed by atoms with van der Waals surface area (Å²) in [4.78, 5) is 17.2. The summed E-state index contributed by atoms with van der Waals surface area (Å²) in [7, 11) is 0. The van der Waals surface area contributed by atoms with Crippen LogP contribution in [0.5, 0.6) is 0 Å². The maximum Gasteiger partial charge on any atom is 0.220 e. The summed E-state index contributed by atoms with van der Waals surface area (Å²) in [5.41, 5.74) is 4.89. The molecule has 2 aromatic heterocycles. The number of fused-ring (bicyclic) bond motifs is 3. The van der Waals surface area contributed by atoms with Gasteiger partial charge in [-0.2, -0.15) is 0 Å². The Kier molecular flexibility index (Phi) is 8.02. The van der Waals surface area contributed by atoms with Gasteiger partial charge < -0.3 is 9.88 Å². The number of rotatable bonds is 10. The van der Waals surface area contributed by atoms with Crippen LogP contribution in [0, 0.1) is 0 Å². The molecule has 0 aliphatic heterocycles. The third kappa shape index (κ3) is 6.12. The third-order valence-corrected chi connectivity index (χ3v) is 7.45. The van der Waals surface area contributed by atoms with E-state index in [2.05, 4.69) is 38.3 Å². The van der Waals surface area contributed by atoms with Gasteiger partial charge in [-0.15, -0.1) is 10.2 Å². The van der Waals surface area contributed by atoms with E-state index in [0.717, 1.165) is 51.8 Å². The molecule has 0 aliphatic carbocycles. The highest BCUT2D eigenvalue weighted by Crippen LogP contribution is 2.28. The van der Waals surface area contributed by atoms with Crippen molar-refractivity contribution in [3.8, 4) is 0 Å². The SMILES string of the molecule is CC(NC(=O)CCCCSc1nnc2c3ccccc3n(Cc3cccc(Cl)c3)c2n1)c1ccccc1. The van der Waals surface area contributed by atoms with Gasteiger partial charge in [-0.1, -0.05) is 84.0 Å². The number of benzene rings is 3. The second-order valence-corrected chi connectivity index (χ2v) is 10.5. The number of aromatic nitrogens is 4. The van der Waals surface area contributed by atoms with Crippen molar-refractivity contribution in [1.82, 2.24) is 25.1 Å². The second-order valence-electron chi connectivity index (χ2n) is 9.01. The van der Waals surface area contributed by atoms with Crippen molar-refractivity contribution in [1.29, 1.82) is 0 Å². The highest BCUT2D eigenvalue weighted by molar-refractivity contribution is 7.99. The molecular weight excluding hydrogens is 502 g/mol. The van der Waals surface area contributed by atoms with Crippen molar-refractivity contribution < 1.29 is 4.79 Å². The zero-order valence-corrected chi connectivity index (χ0v) is 22.2. The second kappa shape index (κ2) is 11.8. The average molecular weight is 530 g/mol. The smallest absolute Gasteiger partial charge is 0.220 e. The summed E-state index contributed by atoms with van der Waals surface area (Å²) >= 11 is 7.80. The number of hydrogen-bond acceptors (Lipinski definition) is 5. The van der Waals surface area contributed by atoms with Crippen LogP contribution >= 0.6 is 23.4 Å². The molecule has 1 unspecified atom stereocenters. The fourth-order valence-electron chi connectivity index (χ4n) is 4.42. The Morgan fingerprint density at radius 3 is 2.65 bits per heavy atom. The Hall–Kier alpha value is -3.42. The van der Waals surface area contributed by atoms with E-state index in [4.69, 9.17) is 16.6 Å². The number of amides is 1. The van der Waals surface area contributed by atoms with E-state index in [9.17, 15) is 4.79 Å². The summed E-state index contributed by atoms with van der Waals surface area (Å²) in [6.45, 7) is 2.65. The van der Waals surface area contributed by atoms with Crippen LogP contribution in [0.15, 0.2) is 84.0 Å². The Morgan fingerprint density at radius 2 is 1.81 bits per heavy atom. The molecular formula is C29H28ClN5OS. The maximum absolute atomic E-state index is 12.3. The van der Waals surface area contributed by atoms with Crippen molar-refractivity contribution in [3.05, 3.63) is 95.0 Å². The van der Waals surface area contributed by atoms with E-state index >= 15 is 0 Å². The maximum atomic E-state index is 12.3. The summed E-state index contributed by atoms with van der Waals surface area (Å²) < 4.78 is 2.17. The quantitative estimate of drug-likeness (QED) is 0.159. The van der Waals surface area contributed by atoms with E-state index in [0.29, 0.717) is 23.1 Å². The number of thioether (sulfide) groups is 1. The van der Waals surface area contributed by atoms with E-state index in [1.54, 1.807) is 11.8 Å². The molecule has 37 heavy (non-hydrogen) atoms. The number of nitrogens with one attached hydrogen (secondary N) is 1. The highest BCUT2D eigenvalue weighted by atomic mass is 35.5. The van der Waals surface area contributed by atoms with Crippen LogP contribution in [0.4, 0.5) is 0 Å². The molecule has 0 radical (unpaired) electrons. The van der Waals surface area contributed by atoms with Crippen molar-refractivity contribution >= 4 is 51.3 Å². The van der Waals surface area contributed by atoms with Gasteiger partial charge >= 0.3 is 0 Å². The molecule has 0 aliphatic rings. The van der Waals surface area contributed by atoms with E-state index in [1.807, 2.05) is 67.6 Å². The first-order valence-corrected chi connectivity index (χ1v) is 13.8. The van der Waals surface area contributed by atoms with Crippen LogP contribution < -0.4 is 5.32 Å². The van der Waals surface area contributed by atoms with Gasteiger partial charge in [-0.25, -0.2) is 4.98 Å². The Morgan fingerprint density at radius 1 is 1.00 bits per heavy atom. The molecule has 188 valence electrons. The number of hydrogen-bond donors (Lipinski definition) is 1. The van der Waals surface area contributed by atoms with Gasteiger partial charge in [0.15, 0.2) is 5.65 Å². The summed E-state index contributed by atoms with van der Waals surface area (Å²) in [6.07, 6.45) is 2.21. The van der Waals surface area contributed by atoms with Gasteiger partial charge in [0, 0.05) is 29.1 Å². The minimum absolute atomic E-state index is 0.00736. The molecule has 1 atom stereocenters. The lowest BCUT2D eigenvalue weighted by Gasteiger charge is -2.14. The number of carbonyl (C=O) groups excluding carboxylic acids is 1. The van der Waals surface area contributed by atoms with Crippen molar-refractivity contribution in [3.63, 3.8) is 0 Å². The van der Waals surface area contributed by atoms with Gasteiger partial charge in [-0.3, -0.25) is 4.79 Å². The first-order valence-electron chi connectivity index (χ1n) is 12.4. The van der Waals surface area contributed by atoms with Gasteiger partial charge in [0.2, 0.25) is 11.1 Å². The molecule has 0 bridgehead atoms. The topological polar surface area (TPSA) is 72.7 Å². The molecule has 5 aromatic rings. The molecule has 2 heterocycles. The largest absolute Gasteiger partial charge is 0.350 e. The number of unbranched alkanes of at least 4 members (excludes halogenated alkanes) is 1. The zero-order valence-electron chi connectivity index (χ0n) is 20.6. The number of halogens is 1. The minimum Gasteiger partial charge on any atom is -0.350 e. The number of nitrogens with zero attached hydrogens (tertiary/aromatic N) is 4. The average Bonchev–Trinajstić information content (AvgIpc) is 3.22. The normalized spacial score (nSPS) is 12.2. The standard InChI is InChI=1S/C29H28ClN5OS/c1-20(22-11-3-2-4-12-22)31-26(36)16-7-8-17-37-29-32-28-27(33-34-29)24-14-5-6-15-25(24)35(28)19-21-10-9-13-23(30)18-21/h2-6,9-15,18,20H,7-8,16-17,19H2,1H3,(H,31,36). The van der Waals surface area contributed by atoms with Crippen molar-refractivity contribution in [2.45, 2.75) is 43.9 Å². The van der Waals surface area contributed by atoms with Crippen LogP contribution in [0.3, 0.4) is 0 Å². The Labute approximate surface area is 225 Å². The fraction of sp³-hybridized carbons (Fsp3) is 0.241. The van der Waals surface area contributed by atoms with Crippen LogP contribution in [-0.2, 0) is 11.3 Å². The molecule has 1 amide bonds. The van der Waals surface area contributed by atoms with E-state index in [1.165, 1.54) is 0 Å². The summed E-state index contributed by atoms with van der Waals surface area (Å²) in [5.74, 6) is 0.898. The Bertz CT molecular complexity index is 1520. The van der Waals surface area contributed by atoms with Crippen molar-refractivity contribution in [2.24, 2.45) is 0 Å². The zero-order chi connectivity index (χ0) is 25.6. The lowest BCUT2D eigenvalue weighted by Crippen LogP contribution is -2.26. The molecule has 3 aromatic carbocycles. The molecule has 5 rings (SSSR count). The molecule has 8 heteroatoms. The van der Waals surface area contributed by atoms with Crippen LogP contribution in [0.25, 0.3) is 22.1 Å². The Balaban J connectivity index is 1.21. The molecule has 6 nitrogen and oxygen atoms in total. The lowest BCUT2D eigenvalue weighted by molar-refractivity contribution is -0.121. The van der Waals surface area contributed by atoms with Gasteiger partial charge in [-0.05, 0) is 49.1 Å². The third-order valence-electron chi connectivity index (χ3n) is 6.29. The molecule has 0 fully saturated rings.